The summed E-state index contributed by atoms with van der Waals surface area (Å²) in [6, 6.07) is 1.67. The van der Waals surface area contributed by atoms with Gasteiger partial charge in [0.05, 0.1) is 6.07 Å². The van der Waals surface area contributed by atoms with Gasteiger partial charge in [-0.1, -0.05) is 6.58 Å². The summed E-state index contributed by atoms with van der Waals surface area (Å²) in [5, 5.41) is 16.5. The number of nitrogens with zero attached hydrogens (tertiary/aromatic N) is 2. The van der Waals surface area contributed by atoms with E-state index >= 15 is 0 Å². The van der Waals surface area contributed by atoms with E-state index in [1.165, 1.54) is 0 Å². The summed E-state index contributed by atoms with van der Waals surface area (Å²) in [7, 11) is 0. The van der Waals surface area contributed by atoms with Crippen molar-refractivity contribution in [2.75, 3.05) is 0 Å². The second-order valence-corrected chi connectivity index (χ2v) is 2.05. The number of carbonyl (C=O) groups excluding carboxylic acids is 1. The molecule has 0 aliphatic heterocycles. The van der Waals surface area contributed by atoms with Crippen molar-refractivity contribution in [2.45, 2.75) is 0 Å². The number of rotatable bonds is 4. The van der Waals surface area contributed by atoms with Crippen LogP contribution in [0, 0.1) is 11.3 Å². The Bertz CT molecular complexity index is 336. The van der Waals surface area contributed by atoms with Crippen molar-refractivity contribution in [3.05, 3.63) is 37.2 Å². The fourth-order valence-electron chi connectivity index (χ4n) is 0.560. The fraction of sp³-hybridized carbons (Fsp3) is 0. The number of carbonyl (C=O) groups is 2. The molecular weight excluding hydrogens is 184 g/mol. The molecule has 14 heavy (non-hydrogen) atoms. The molecule has 0 spiro atoms. The number of aliphatic carboxylic acids is 1. The van der Waals surface area contributed by atoms with Crippen LogP contribution in [0.15, 0.2) is 37.2 Å². The minimum Gasteiger partial charge on any atom is -0.478 e. The third kappa shape index (κ3) is 4.51. The highest BCUT2D eigenvalue weighted by Crippen LogP contribution is 1.94. The van der Waals surface area contributed by atoms with Gasteiger partial charge in [-0.2, -0.15) is 5.26 Å². The summed E-state index contributed by atoms with van der Waals surface area (Å²) < 4.78 is 0. The normalized spacial score (nSPS) is 9.93. The molecule has 0 unspecified atom stereocenters. The smallest absolute Gasteiger partial charge is 0.329 e. The van der Waals surface area contributed by atoms with Gasteiger partial charge in [-0.25, -0.2) is 4.79 Å². The van der Waals surface area contributed by atoms with E-state index in [0.717, 1.165) is 35.5 Å². The number of hydrogen-bond acceptors (Lipinski definition) is 3. The Labute approximate surface area is 80.9 Å². The Balaban J connectivity index is 4.65. The molecule has 0 aromatic heterocycles. The molecule has 0 aliphatic rings. The van der Waals surface area contributed by atoms with E-state index in [0.29, 0.717) is 0 Å². The third-order valence-electron chi connectivity index (χ3n) is 1.12. The SMILES string of the molecule is C=CC(=O)N(C=CC#N)C=CC(=O)O. The average molecular weight is 192 g/mol. The van der Waals surface area contributed by atoms with Gasteiger partial charge in [0.1, 0.15) is 0 Å². The average Bonchev–Trinajstić information content (AvgIpc) is 2.16. The third-order valence-corrected chi connectivity index (χ3v) is 1.12. The summed E-state index contributed by atoms with van der Waals surface area (Å²) in [5.41, 5.74) is 0. The van der Waals surface area contributed by atoms with Crippen LogP contribution in [0.4, 0.5) is 0 Å². The molecule has 1 amide bonds. The lowest BCUT2D eigenvalue weighted by Gasteiger charge is -2.08. The summed E-state index contributed by atoms with van der Waals surface area (Å²) in [4.78, 5) is 22.1. The minimum atomic E-state index is -1.18. The number of nitriles is 1. The highest BCUT2D eigenvalue weighted by atomic mass is 16.4. The van der Waals surface area contributed by atoms with E-state index < -0.39 is 11.9 Å². The molecule has 0 saturated carbocycles. The number of carboxylic acid groups (broad SMARTS) is 1. The van der Waals surface area contributed by atoms with Crippen molar-refractivity contribution >= 4 is 11.9 Å². The maximum atomic E-state index is 11.0. The second kappa shape index (κ2) is 6.20. The zero-order valence-corrected chi connectivity index (χ0v) is 7.25. The summed E-state index contributed by atoms with van der Waals surface area (Å²) >= 11 is 0. The highest BCUT2D eigenvalue weighted by Gasteiger charge is 2.02. The lowest BCUT2D eigenvalue weighted by Crippen LogP contribution is -2.17. The van der Waals surface area contributed by atoms with Gasteiger partial charge >= 0.3 is 5.97 Å². The zero-order chi connectivity index (χ0) is 11.0. The van der Waals surface area contributed by atoms with Crippen LogP contribution in [-0.2, 0) is 9.59 Å². The Morgan fingerprint density at radius 3 is 2.50 bits per heavy atom. The molecule has 0 bridgehead atoms. The molecule has 0 rings (SSSR count). The van der Waals surface area contributed by atoms with E-state index in [2.05, 4.69) is 6.58 Å². The molecule has 72 valence electrons. The van der Waals surface area contributed by atoms with Crippen LogP contribution in [0.1, 0.15) is 0 Å². The highest BCUT2D eigenvalue weighted by molar-refractivity contribution is 5.89. The van der Waals surface area contributed by atoms with Crippen LogP contribution in [0.5, 0.6) is 0 Å². The Morgan fingerprint density at radius 2 is 2.07 bits per heavy atom. The van der Waals surface area contributed by atoms with Gasteiger partial charge in [-0.05, 0) is 6.08 Å². The second-order valence-electron chi connectivity index (χ2n) is 2.05. The van der Waals surface area contributed by atoms with Gasteiger partial charge in [-0.3, -0.25) is 9.69 Å². The first-order chi connectivity index (χ1) is 6.61. The van der Waals surface area contributed by atoms with Crippen LogP contribution in [0.3, 0.4) is 0 Å². The number of carboxylic acids is 1. The molecule has 0 aliphatic carbocycles. The topological polar surface area (TPSA) is 81.4 Å². The lowest BCUT2D eigenvalue weighted by molar-refractivity contribution is -0.131. The van der Waals surface area contributed by atoms with Crippen LogP contribution < -0.4 is 0 Å². The maximum Gasteiger partial charge on any atom is 0.329 e. The Hall–Kier alpha value is -2.35. The predicted octanol–water partition coefficient (Wildman–Crippen LogP) is 0.637. The standard InChI is InChI=1S/C9H8N2O3/c1-2-8(12)11(6-3-5-10)7-4-9(13)14/h2-4,6-7H,1H2,(H,13,14). The van der Waals surface area contributed by atoms with E-state index in [4.69, 9.17) is 10.4 Å². The van der Waals surface area contributed by atoms with Crippen LogP contribution in [0.2, 0.25) is 0 Å². The summed E-state index contributed by atoms with van der Waals surface area (Å²) in [5.74, 6) is -1.70. The molecule has 0 aromatic carbocycles. The van der Waals surface area contributed by atoms with Crippen molar-refractivity contribution in [1.82, 2.24) is 4.90 Å². The van der Waals surface area contributed by atoms with Crippen molar-refractivity contribution in [2.24, 2.45) is 0 Å². The minimum absolute atomic E-state index is 0.519. The van der Waals surface area contributed by atoms with E-state index in [-0.39, 0.29) is 0 Å². The van der Waals surface area contributed by atoms with Gasteiger partial charge in [-0.15, -0.1) is 0 Å². The van der Waals surface area contributed by atoms with E-state index in [1.807, 2.05) is 0 Å². The molecule has 5 heteroatoms. The largest absolute Gasteiger partial charge is 0.478 e. The molecule has 0 saturated heterocycles. The quantitative estimate of drug-likeness (QED) is 0.523. The molecular formula is C9H8N2O3. The molecule has 5 nitrogen and oxygen atoms in total. The van der Waals surface area contributed by atoms with Crippen molar-refractivity contribution < 1.29 is 14.7 Å². The fourth-order valence-corrected chi connectivity index (χ4v) is 0.560. The summed E-state index contributed by atoms with van der Waals surface area (Å²) in [6.45, 7) is 3.23. The molecule has 1 N–H and O–H groups in total. The lowest BCUT2D eigenvalue weighted by atomic mass is 10.4. The van der Waals surface area contributed by atoms with E-state index in [1.54, 1.807) is 6.07 Å². The monoisotopic (exact) mass is 192 g/mol. The molecule has 0 fully saturated rings. The van der Waals surface area contributed by atoms with Gasteiger partial charge in [0.15, 0.2) is 0 Å². The zero-order valence-electron chi connectivity index (χ0n) is 7.25. The molecule has 0 atom stereocenters. The Kier molecular flexibility index (Phi) is 5.16. The van der Waals surface area contributed by atoms with Crippen LogP contribution in [0.25, 0.3) is 0 Å². The maximum absolute atomic E-state index is 11.0. The Morgan fingerprint density at radius 1 is 1.43 bits per heavy atom. The van der Waals surface area contributed by atoms with E-state index in [9.17, 15) is 9.59 Å². The van der Waals surface area contributed by atoms with Crippen molar-refractivity contribution in [3.8, 4) is 6.07 Å². The number of hydrogen-bond donors (Lipinski definition) is 1. The number of allylic oxidation sites excluding steroid dienone is 1. The van der Waals surface area contributed by atoms with Gasteiger partial charge in [0, 0.05) is 24.6 Å². The first kappa shape index (κ1) is 11.6. The van der Waals surface area contributed by atoms with Gasteiger partial charge in [0.25, 0.3) is 5.91 Å². The van der Waals surface area contributed by atoms with Crippen molar-refractivity contribution in [1.29, 1.82) is 5.26 Å². The number of amides is 1. The molecule has 0 heterocycles. The van der Waals surface area contributed by atoms with Gasteiger partial charge in [0.2, 0.25) is 0 Å². The molecule has 0 radical (unpaired) electrons. The van der Waals surface area contributed by atoms with Crippen LogP contribution in [-0.4, -0.2) is 21.9 Å². The van der Waals surface area contributed by atoms with Gasteiger partial charge < -0.3 is 5.11 Å². The van der Waals surface area contributed by atoms with Crippen molar-refractivity contribution in [3.63, 3.8) is 0 Å². The predicted molar refractivity (Wildman–Crippen MR) is 48.6 cm³/mol. The first-order valence-electron chi connectivity index (χ1n) is 3.54. The van der Waals surface area contributed by atoms with Crippen LogP contribution >= 0.6 is 0 Å². The summed E-state index contributed by atoms with van der Waals surface area (Å²) in [6.07, 6.45) is 5.01. The first-order valence-corrected chi connectivity index (χ1v) is 3.54. The molecule has 0 aromatic rings.